The molecular weight excluding hydrogens is 349 g/mol. The van der Waals surface area contributed by atoms with Crippen LogP contribution in [0, 0.1) is 19.7 Å². The average Bonchev–Trinajstić information content (AvgIpc) is 3.16. The number of nitrogens with one attached hydrogen (secondary N) is 1. The number of carbonyl (C=O) groups excluding carboxylic acids is 1. The third-order valence-corrected chi connectivity index (χ3v) is 6.18. The molecule has 1 amide bonds. The Morgan fingerprint density at radius 3 is 2.76 bits per heavy atom. The summed E-state index contributed by atoms with van der Waals surface area (Å²) in [5.74, 6) is -0.194. The van der Waals surface area contributed by atoms with Gasteiger partial charge in [-0.05, 0) is 50.5 Å². The van der Waals surface area contributed by atoms with Crippen molar-refractivity contribution in [2.45, 2.75) is 37.6 Å². The van der Waals surface area contributed by atoms with Crippen molar-refractivity contribution in [3.63, 3.8) is 0 Å². The predicted octanol–water partition coefficient (Wildman–Crippen LogP) is 2.22. The highest BCUT2D eigenvalue weighted by Gasteiger charge is 2.40. The van der Waals surface area contributed by atoms with E-state index < -0.39 is 27.8 Å². The van der Waals surface area contributed by atoms with Crippen LogP contribution >= 0.6 is 0 Å². The third kappa shape index (κ3) is 3.42. The van der Waals surface area contributed by atoms with E-state index in [1.807, 2.05) is 0 Å². The second-order valence-electron chi connectivity index (χ2n) is 6.00. The van der Waals surface area contributed by atoms with E-state index in [9.17, 15) is 17.6 Å². The molecule has 2 heterocycles. The normalized spacial score (nSPS) is 18.4. The molecule has 9 heteroatoms. The summed E-state index contributed by atoms with van der Waals surface area (Å²) in [4.78, 5) is 12.5. The molecule has 1 fully saturated rings. The van der Waals surface area contributed by atoms with Crippen molar-refractivity contribution >= 4 is 21.7 Å². The Bertz CT molecular complexity index is 910. The Kier molecular flexibility index (Phi) is 4.61. The number of hydrogen-bond donors (Lipinski definition) is 1. The Morgan fingerprint density at radius 2 is 2.12 bits per heavy atom. The van der Waals surface area contributed by atoms with Crippen molar-refractivity contribution in [3.05, 3.63) is 41.4 Å². The predicted molar refractivity (Wildman–Crippen MR) is 87.9 cm³/mol. The highest BCUT2D eigenvalue weighted by atomic mass is 32.2. The van der Waals surface area contributed by atoms with Crippen LogP contribution in [-0.2, 0) is 14.8 Å². The number of anilines is 1. The van der Waals surface area contributed by atoms with Crippen LogP contribution in [0.3, 0.4) is 0 Å². The Balaban J connectivity index is 1.86. The number of nitrogens with zero attached hydrogens (tertiary/aromatic N) is 2. The molecule has 1 aliphatic rings. The first-order valence-electron chi connectivity index (χ1n) is 7.81. The van der Waals surface area contributed by atoms with Crippen LogP contribution in [0.25, 0.3) is 0 Å². The second-order valence-corrected chi connectivity index (χ2v) is 7.85. The van der Waals surface area contributed by atoms with Crippen LogP contribution in [0.1, 0.15) is 24.2 Å². The fourth-order valence-electron chi connectivity index (χ4n) is 2.95. The van der Waals surface area contributed by atoms with Crippen LogP contribution in [0.5, 0.6) is 0 Å². The average molecular weight is 367 g/mol. The van der Waals surface area contributed by atoms with E-state index in [2.05, 4.69) is 10.5 Å². The minimum absolute atomic E-state index is 0.00544. The number of carbonyl (C=O) groups is 1. The SMILES string of the molecule is Cc1cc(NC(=O)[C@@H]2CCCN2S(=O)(=O)c2ccc(F)cc2C)no1. The van der Waals surface area contributed by atoms with Gasteiger partial charge in [-0.1, -0.05) is 5.16 Å². The van der Waals surface area contributed by atoms with Crippen molar-refractivity contribution in [2.75, 3.05) is 11.9 Å². The Morgan fingerprint density at radius 1 is 1.36 bits per heavy atom. The molecule has 7 nitrogen and oxygen atoms in total. The minimum Gasteiger partial charge on any atom is -0.360 e. The zero-order valence-electron chi connectivity index (χ0n) is 13.8. The first kappa shape index (κ1) is 17.6. The molecule has 1 N–H and O–H groups in total. The lowest BCUT2D eigenvalue weighted by molar-refractivity contribution is -0.119. The quantitative estimate of drug-likeness (QED) is 0.894. The number of amides is 1. The molecule has 1 atom stereocenters. The number of rotatable bonds is 4. The molecule has 0 radical (unpaired) electrons. The van der Waals surface area contributed by atoms with Crippen LogP contribution in [0.4, 0.5) is 10.2 Å². The van der Waals surface area contributed by atoms with Crippen molar-refractivity contribution in [2.24, 2.45) is 0 Å². The highest BCUT2D eigenvalue weighted by molar-refractivity contribution is 7.89. The van der Waals surface area contributed by atoms with E-state index in [-0.39, 0.29) is 17.3 Å². The van der Waals surface area contributed by atoms with Crippen LogP contribution in [0.2, 0.25) is 0 Å². The van der Waals surface area contributed by atoms with E-state index in [1.54, 1.807) is 13.0 Å². The second kappa shape index (κ2) is 6.57. The van der Waals surface area contributed by atoms with E-state index in [4.69, 9.17) is 4.52 Å². The van der Waals surface area contributed by atoms with Gasteiger partial charge in [0.25, 0.3) is 0 Å². The summed E-state index contributed by atoms with van der Waals surface area (Å²) >= 11 is 0. The van der Waals surface area contributed by atoms with Gasteiger partial charge in [0.05, 0.1) is 4.90 Å². The number of benzene rings is 1. The molecule has 0 saturated carbocycles. The molecule has 3 rings (SSSR count). The summed E-state index contributed by atoms with van der Waals surface area (Å²) in [7, 11) is -3.91. The van der Waals surface area contributed by atoms with Crippen LogP contribution < -0.4 is 5.32 Å². The maximum atomic E-state index is 13.3. The summed E-state index contributed by atoms with van der Waals surface area (Å²) in [5.41, 5.74) is 0.304. The molecule has 0 unspecified atom stereocenters. The molecular formula is C16H18FN3O4S. The number of sulfonamides is 1. The summed E-state index contributed by atoms with van der Waals surface area (Å²) in [6, 6.07) is 4.20. The zero-order chi connectivity index (χ0) is 18.2. The molecule has 1 saturated heterocycles. The number of aromatic nitrogens is 1. The first-order chi connectivity index (χ1) is 11.8. The molecule has 1 aliphatic heterocycles. The number of hydrogen-bond acceptors (Lipinski definition) is 5. The molecule has 1 aromatic carbocycles. The molecule has 134 valence electrons. The smallest absolute Gasteiger partial charge is 0.244 e. The van der Waals surface area contributed by atoms with Gasteiger partial charge in [0.1, 0.15) is 17.6 Å². The van der Waals surface area contributed by atoms with Gasteiger partial charge in [0.2, 0.25) is 15.9 Å². The summed E-state index contributed by atoms with van der Waals surface area (Å²) in [6.45, 7) is 3.45. The summed E-state index contributed by atoms with van der Waals surface area (Å²) in [5, 5.41) is 6.25. The van der Waals surface area contributed by atoms with E-state index >= 15 is 0 Å². The zero-order valence-corrected chi connectivity index (χ0v) is 14.6. The monoisotopic (exact) mass is 367 g/mol. The van der Waals surface area contributed by atoms with E-state index in [0.29, 0.717) is 24.2 Å². The lowest BCUT2D eigenvalue weighted by Crippen LogP contribution is -2.43. The maximum Gasteiger partial charge on any atom is 0.244 e. The van der Waals surface area contributed by atoms with Gasteiger partial charge in [-0.3, -0.25) is 4.79 Å². The van der Waals surface area contributed by atoms with Crippen molar-refractivity contribution in [1.29, 1.82) is 0 Å². The van der Waals surface area contributed by atoms with Gasteiger partial charge < -0.3 is 9.84 Å². The number of halogens is 1. The lowest BCUT2D eigenvalue weighted by atomic mass is 10.2. The summed E-state index contributed by atoms with van der Waals surface area (Å²) < 4.78 is 45.2. The molecule has 1 aromatic heterocycles. The molecule has 2 aromatic rings. The standard InChI is InChI=1S/C16H18FN3O4S/c1-10-8-12(17)5-6-14(10)25(22,23)20-7-3-4-13(20)16(21)18-15-9-11(2)24-19-15/h5-6,8-9,13H,3-4,7H2,1-2H3,(H,18,19,21)/t13-/m0/s1. The fraction of sp³-hybridized carbons (Fsp3) is 0.375. The minimum atomic E-state index is -3.91. The van der Waals surface area contributed by atoms with Crippen molar-refractivity contribution < 1.29 is 22.1 Å². The fourth-order valence-corrected chi connectivity index (χ4v) is 4.82. The topological polar surface area (TPSA) is 92.5 Å². The Hall–Kier alpha value is -2.26. The van der Waals surface area contributed by atoms with Gasteiger partial charge >= 0.3 is 0 Å². The van der Waals surface area contributed by atoms with Gasteiger partial charge in [0, 0.05) is 12.6 Å². The van der Waals surface area contributed by atoms with Crippen LogP contribution in [0.15, 0.2) is 33.7 Å². The molecule has 0 bridgehead atoms. The molecule has 0 aliphatic carbocycles. The lowest BCUT2D eigenvalue weighted by Gasteiger charge is -2.23. The van der Waals surface area contributed by atoms with Crippen LogP contribution in [-0.4, -0.2) is 36.4 Å². The van der Waals surface area contributed by atoms with E-state index in [0.717, 1.165) is 16.4 Å². The van der Waals surface area contributed by atoms with Crippen molar-refractivity contribution in [1.82, 2.24) is 9.46 Å². The van der Waals surface area contributed by atoms with Gasteiger partial charge in [0.15, 0.2) is 5.82 Å². The van der Waals surface area contributed by atoms with Gasteiger partial charge in [-0.25, -0.2) is 12.8 Å². The first-order valence-corrected chi connectivity index (χ1v) is 9.25. The Labute approximate surface area is 144 Å². The van der Waals surface area contributed by atoms with Gasteiger partial charge in [-0.2, -0.15) is 4.31 Å². The van der Waals surface area contributed by atoms with Gasteiger partial charge in [-0.15, -0.1) is 0 Å². The highest BCUT2D eigenvalue weighted by Crippen LogP contribution is 2.29. The van der Waals surface area contributed by atoms with E-state index in [1.165, 1.54) is 13.0 Å². The number of aryl methyl sites for hydroxylation is 2. The molecule has 0 spiro atoms. The van der Waals surface area contributed by atoms with Crippen molar-refractivity contribution in [3.8, 4) is 0 Å². The molecule has 25 heavy (non-hydrogen) atoms. The maximum absolute atomic E-state index is 13.3. The summed E-state index contributed by atoms with van der Waals surface area (Å²) in [6.07, 6.45) is 0.970. The third-order valence-electron chi connectivity index (χ3n) is 4.11. The largest absolute Gasteiger partial charge is 0.360 e.